The van der Waals surface area contributed by atoms with Gasteiger partial charge >= 0.3 is 0 Å². The number of piperidine rings is 1. The summed E-state index contributed by atoms with van der Waals surface area (Å²) in [4.78, 5) is 2.70. The first kappa shape index (κ1) is 13.8. The van der Waals surface area contributed by atoms with E-state index in [9.17, 15) is 0 Å². The fraction of sp³-hybridized carbons (Fsp3) is 0.625. The largest absolute Gasteiger partial charge is 0.302 e. The van der Waals surface area contributed by atoms with Crippen LogP contribution < -0.4 is 0 Å². The van der Waals surface area contributed by atoms with Gasteiger partial charge in [0.25, 0.3) is 0 Å². The molecular weight excluding hydrogens is 270 g/mol. The van der Waals surface area contributed by atoms with Gasteiger partial charge in [-0.25, -0.2) is 0 Å². The molecule has 3 heteroatoms. The lowest BCUT2D eigenvalue weighted by Crippen LogP contribution is -2.38. The van der Waals surface area contributed by atoms with Crippen LogP contribution in [-0.2, 0) is 6.42 Å². The molecule has 2 fully saturated rings. The average Bonchev–Trinajstić information content (AvgIpc) is 2.95. The number of benzene rings is 1. The standard InChI is InChI=1S/C16H23NS2/c1-2-4-14(5-3-1)10-15-6-8-17(9-7-15)11-16-12-18-13-19-16/h1-5,15-16H,6-13H2. The molecule has 2 heterocycles. The van der Waals surface area contributed by atoms with Crippen LogP contribution >= 0.6 is 23.5 Å². The molecule has 1 aromatic rings. The normalized spacial score (nSPS) is 25.8. The Balaban J connectivity index is 1.41. The second kappa shape index (κ2) is 7.05. The molecule has 2 aliphatic rings. The van der Waals surface area contributed by atoms with Gasteiger partial charge in [-0.05, 0) is 43.8 Å². The highest BCUT2D eigenvalue weighted by Gasteiger charge is 2.23. The molecule has 19 heavy (non-hydrogen) atoms. The van der Waals surface area contributed by atoms with Gasteiger partial charge in [0, 0.05) is 22.6 Å². The zero-order valence-corrected chi connectivity index (χ0v) is 13.1. The van der Waals surface area contributed by atoms with E-state index in [1.165, 1.54) is 55.3 Å². The van der Waals surface area contributed by atoms with Crippen molar-refractivity contribution in [2.45, 2.75) is 24.5 Å². The number of hydrogen-bond acceptors (Lipinski definition) is 3. The molecule has 1 aromatic carbocycles. The molecule has 2 aliphatic heterocycles. The monoisotopic (exact) mass is 293 g/mol. The van der Waals surface area contributed by atoms with Crippen LogP contribution in [0.4, 0.5) is 0 Å². The van der Waals surface area contributed by atoms with E-state index in [0.29, 0.717) is 0 Å². The lowest BCUT2D eigenvalue weighted by molar-refractivity contribution is 0.187. The molecule has 0 N–H and O–H groups in total. The van der Waals surface area contributed by atoms with E-state index >= 15 is 0 Å². The average molecular weight is 294 g/mol. The van der Waals surface area contributed by atoms with Crippen molar-refractivity contribution in [3.63, 3.8) is 0 Å². The van der Waals surface area contributed by atoms with Crippen molar-refractivity contribution < 1.29 is 0 Å². The molecule has 0 aromatic heterocycles. The van der Waals surface area contributed by atoms with E-state index in [1.807, 2.05) is 0 Å². The Kier molecular flexibility index (Phi) is 5.14. The first-order chi connectivity index (χ1) is 9.40. The molecule has 1 atom stereocenters. The molecule has 0 aliphatic carbocycles. The third-order valence-corrected chi connectivity index (χ3v) is 7.07. The topological polar surface area (TPSA) is 3.24 Å². The summed E-state index contributed by atoms with van der Waals surface area (Å²) in [5, 5.41) is 2.21. The Hall–Kier alpha value is -0.120. The molecule has 0 amide bonds. The summed E-state index contributed by atoms with van der Waals surface area (Å²) in [6, 6.07) is 11.0. The molecule has 1 unspecified atom stereocenters. The van der Waals surface area contributed by atoms with Crippen LogP contribution in [0.1, 0.15) is 18.4 Å². The van der Waals surface area contributed by atoms with Gasteiger partial charge in [-0.1, -0.05) is 30.3 Å². The van der Waals surface area contributed by atoms with Crippen molar-refractivity contribution in [1.29, 1.82) is 0 Å². The van der Waals surface area contributed by atoms with E-state index in [2.05, 4.69) is 58.8 Å². The zero-order valence-electron chi connectivity index (χ0n) is 11.5. The second-order valence-corrected chi connectivity index (χ2v) is 8.40. The number of likely N-dealkylation sites (tertiary alicyclic amines) is 1. The molecule has 0 radical (unpaired) electrons. The number of rotatable bonds is 4. The minimum atomic E-state index is 0.899. The molecule has 104 valence electrons. The third kappa shape index (κ3) is 4.17. The Morgan fingerprint density at radius 2 is 1.89 bits per heavy atom. The Morgan fingerprint density at radius 1 is 1.11 bits per heavy atom. The summed E-state index contributed by atoms with van der Waals surface area (Å²) in [6.45, 7) is 3.97. The highest BCUT2D eigenvalue weighted by Crippen LogP contribution is 2.31. The number of hydrogen-bond donors (Lipinski definition) is 0. The van der Waals surface area contributed by atoms with Gasteiger partial charge in [-0.2, -0.15) is 0 Å². The van der Waals surface area contributed by atoms with Crippen molar-refractivity contribution in [3.8, 4) is 0 Å². The van der Waals surface area contributed by atoms with Crippen LogP contribution in [0, 0.1) is 5.92 Å². The molecule has 0 bridgehead atoms. The lowest BCUT2D eigenvalue weighted by atomic mass is 9.90. The summed E-state index contributed by atoms with van der Waals surface area (Å²) < 4.78 is 0. The fourth-order valence-corrected chi connectivity index (χ4v) is 5.98. The predicted molar refractivity (Wildman–Crippen MR) is 88.0 cm³/mol. The summed E-state index contributed by atoms with van der Waals surface area (Å²) >= 11 is 4.27. The van der Waals surface area contributed by atoms with Gasteiger partial charge in [-0.15, -0.1) is 23.5 Å². The van der Waals surface area contributed by atoms with E-state index < -0.39 is 0 Å². The van der Waals surface area contributed by atoms with Crippen LogP contribution in [0.5, 0.6) is 0 Å². The molecular formula is C16H23NS2. The van der Waals surface area contributed by atoms with Gasteiger partial charge in [0.15, 0.2) is 0 Å². The SMILES string of the molecule is c1ccc(CC2CCN(CC3CSCS3)CC2)cc1. The maximum atomic E-state index is 2.70. The van der Waals surface area contributed by atoms with Crippen LogP contribution in [0.3, 0.4) is 0 Å². The van der Waals surface area contributed by atoms with Crippen molar-refractivity contribution in [2.75, 3.05) is 30.5 Å². The maximum Gasteiger partial charge on any atom is 0.0396 e. The minimum absolute atomic E-state index is 0.899. The van der Waals surface area contributed by atoms with Gasteiger partial charge in [0.05, 0.1) is 0 Å². The third-order valence-electron chi connectivity index (χ3n) is 4.23. The van der Waals surface area contributed by atoms with Crippen LogP contribution in [-0.4, -0.2) is 40.6 Å². The van der Waals surface area contributed by atoms with Crippen LogP contribution in [0.25, 0.3) is 0 Å². The van der Waals surface area contributed by atoms with Gasteiger partial charge < -0.3 is 4.90 Å². The van der Waals surface area contributed by atoms with Crippen molar-refractivity contribution >= 4 is 23.5 Å². The number of thioether (sulfide) groups is 2. The zero-order chi connectivity index (χ0) is 12.9. The summed E-state index contributed by atoms with van der Waals surface area (Å²) in [6.07, 6.45) is 4.06. The molecule has 0 saturated carbocycles. The van der Waals surface area contributed by atoms with E-state index in [1.54, 1.807) is 0 Å². The minimum Gasteiger partial charge on any atom is -0.302 e. The Morgan fingerprint density at radius 3 is 2.58 bits per heavy atom. The number of nitrogens with zero attached hydrogens (tertiary/aromatic N) is 1. The first-order valence-electron chi connectivity index (χ1n) is 7.36. The lowest BCUT2D eigenvalue weighted by Gasteiger charge is -2.33. The van der Waals surface area contributed by atoms with Crippen molar-refractivity contribution in [3.05, 3.63) is 35.9 Å². The van der Waals surface area contributed by atoms with Crippen LogP contribution in [0.2, 0.25) is 0 Å². The quantitative estimate of drug-likeness (QED) is 0.832. The molecule has 3 rings (SSSR count). The highest BCUT2D eigenvalue weighted by molar-refractivity contribution is 8.19. The molecule has 0 spiro atoms. The maximum absolute atomic E-state index is 2.70. The van der Waals surface area contributed by atoms with E-state index in [-0.39, 0.29) is 0 Å². The van der Waals surface area contributed by atoms with E-state index in [4.69, 9.17) is 0 Å². The van der Waals surface area contributed by atoms with Gasteiger partial charge in [0.2, 0.25) is 0 Å². The predicted octanol–water partition coefficient (Wildman–Crippen LogP) is 3.75. The summed E-state index contributed by atoms with van der Waals surface area (Å²) in [5.41, 5.74) is 1.52. The highest BCUT2D eigenvalue weighted by atomic mass is 32.2. The summed E-state index contributed by atoms with van der Waals surface area (Å²) in [7, 11) is 0. The van der Waals surface area contributed by atoms with E-state index in [0.717, 1.165) is 11.2 Å². The molecule has 2 saturated heterocycles. The molecule has 1 nitrogen and oxygen atoms in total. The van der Waals surface area contributed by atoms with Gasteiger partial charge in [-0.3, -0.25) is 0 Å². The van der Waals surface area contributed by atoms with Crippen molar-refractivity contribution in [2.24, 2.45) is 5.92 Å². The fourth-order valence-electron chi connectivity index (χ4n) is 3.09. The Bertz CT molecular complexity index is 368. The summed E-state index contributed by atoms with van der Waals surface area (Å²) in [5.74, 6) is 2.28. The van der Waals surface area contributed by atoms with Gasteiger partial charge in [0.1, 0.15) is 0 Å². The van der Waals surface area contributed by atoms with Crippen LogP contribution in [0.15, 0.2) is 30.3 Å². The second-order valence-electron chi connectivity index (χ2n) is 5.71. The Labute approximate surface area is 125 Å². The first-order valence-corrected chi connectivity index (χ1v) is 9.56. The smallest absolute Gasteiger partial charge is 0.0396 e. The van der Waals surface area contributed by atoms with Crippen molar-refractivity contribution in [1.82, 2.24) is 4.90 Å².